The van der Waals surface area contributed by atoms with Crippen molar-refractivity contribution in [3.05, 3.63) is 0 Å². The van der Waals surface area contributed by atoms with E-state index in [0.29, 0.717) is 29.7 Å². The lowest BCUT2D eigenvalue weighted by atomic mass is 10.3. The zero-order valence-electron chi connectivity index (χ0n) is 7.82. The van der Waals surface area contributed by atoms with Gasteiger partial charge in [0, 0.05) is 23.8 Å². The van der Waals surface area contributed by atoms with Crippen molar-refractivity contribution in [1.82, 2.24) is 5.32 Å². The average Bonchev–Trinajstić information content (AvgIpc) is 2.92. The van der Waals surface area contributed by atoms with Crippen LogP contribution in [0.25, 0.3) is 0 Å². The summed E-state index contributed by atoms with van der Waals surface area (Å²) in [6.07, 6.45) is 1.09. The molecule has 1 unspecified atom stereocenters. The summed E-state index contributed by atoms with van der Waals surface area (Å²) in [7, 11) is 0. The van der Waals surface area contributed by atoms with E-state index in [1.807, 2.05) is 0 Å². The largest absolute Gasteiger partial charge is 0.381 e. The number of amides is 1. The number of ether oxygens (including phenoxy) is 1. The van der Waals surface area contributed by atoms with E-state index in [9.17, 15) is 4.79 Å². The highest BCUT2D eigenvalue weighted by molar-refractivity contribution is 5.82. The smallest absolute Gasteiger partial charge is 0.223 e. The van der Waals surface area contributed by atoms with Crippen LogP contribution in [0.4, 0.5) is 0 Å². The quantitative estimate of drug-likeness (QED) is 0.669. The maximum Gasteiger partial charge on any atom is 0.223 e. The van der Waals surface area contributed by atoms with Crippen molar-refractivity contribution in [2.24, 2.45) is 23.7 Å². The van der Waals surface area contributed by atoms with E-state index in [-0.39, 0.29) is 5.91 Å². The molecule has 5 atom stereocenters. The zero-order valence-corrected chi connectivity index (χ0v) is 7.82. The third-order valence-electron chi connectivity index (χ3n) is 3.71. The fourth-order valence-electron chi connectivity index (χ4n) is 2.41. The van der Waals surface area contributed by atoms with E-state index in [1.165, 1.54) is 0 Å². The van der Waals surface area contributed by atoms with Gasteiger partial charge in [-0.05, 0) is 12.3 Å². The van der Waals surface area contributed by atoms with Crippen LogP contribution < -0.4 is 5.32 Å². The van der Waals surface area contributed by atoms with Crippen LogP contribution in [0.15, 0.2) is 0 Å². The molecule has 72 valence electrons. The van der Waals surface area contributed by atoms with Crippen molar-refractivity contribution >= 4 is 5.91 Å². The van der Waals surface area contributed by atoms with Crippen LogP contribution in [-0.4, -0.2) is 25.2 Å². The molecule has 2 aliphatic carbocycles. The Morgan fingerprint density at radius 1 is 1.38 bits per heavy atom. The van der Waals surface area contributed by atoms with Crippen LogP contribution in [0.2, 0.25) is 0 Å². The first-order valence-corrected chi connectivity index (χ1v) is 5.15. The second-order valence-electron chi connectivity index (χ2n) is 4.72. The van der Waals surface area contributed by atoms with Crippen LogP contribution in [0, 0.1) is 23.7 Å². The molecule has 1 amide bonds. The Kier molecular flexibility index (Phi) is 1.48. The predicted octanol–water partition coefficient (Wildman–Crippen LogP) is 0.403. The lowest BCUT2D eigenvalue weighted by molar-refractivity contribution is -0.123. The summed E-state index contributed by atoms with van der Waals surface area (Å²) in [4.78, 5) is 11.5. The zero-order chi connectivity index (χ0) is 9.00. The maximum absolute atomic E-state index is 11.5. The Hall–Kier alpha value is -0.570. The third-order valence-corrected chi connectivity index (χ3v) is 3.71. The van der Waals surface area contributed by atoms with Gasteiger partial charge in [0.2, 0.25) is 5.91 Å². The maximum atomic E-state index is 11.5. The first-order chi connectivity index (χ1) is 6.27. The fourth-order valence-corrected chi connectivity index (χ4v) is 2.41. The molecular formula is C10H15NO2. The van der Waals surface area contributed by atoms with Gasteiger partial charge in [-0.15, -0.1) is 0 Å². The molecule has 3 fully saturated rings. The van der Waals surface area contributed by atoms with E-state index in [4.69, 9.17) is 4.74 Å². The topological polar surface area (TPSA) is 38.3 Å². The molecule has 1 heterocycles. The molecular weight excluding hydrogens is 166 g/mol. The van der Waals surface area contributed by atoms with Crippen molar-refractivity contribution in [2.75, 3.05) is 13.2 Å². The summed E-state index contributed by atoms with van der Waals surface area (Å²) in [5.74, 6) is 2.50. The minimum Gasteiger partial charge on any atom is -0.381 e. The van der Waals surface area contributed by atoms with Crippen molar-refractivity contribution < 1.29 is 9.53 Å². The van der Waals surface area contributed by atoms with Gasteiger partial charge in [-0.1, -0.05) is 6.92 Å². The molecule has 1 aliphatic heterocycles. The molecule has 1 N–H and O–H groups in total. The highest BCUT2D eigenvalue weighted by Crippen LogP contribution is 2.45. The third kappa shape index (κ3) is 1.17. The molecule has 0 spiro atoms. The second kappa shape index (κ2) is 2.47. The van der Waals surface area contributed by atoms with Gasteiger partial charge in [0.15, 0.2) is 0 Å². The van der Waals surface area contributed by atoms with Gasteiger partial charge >= 0.3 is 0 Å². The highest BCUT2D eigenvalue weighted by atomic mass is 16.5. The molecule has 2 saturated carbocycles. The number of rotatable bonds is 2. The molecule has 3 rings (SSSR count). The summed E-state index contributed by atoms with van der Waals surface area (Å²) in [5.41, 5.74) is 0. The normalized spacial score (nSPS) is 51.3. The summed E-state index contributed by atoms with van der Waals surface area (Å²) in [6, 6.07) is 0.453. The number of carbonyl (C=O) groups is 1. The SMILES string of the molecule is C[C@@H]1C[C@H]1C(=O)NC1[C@H]2COC[C@@H]12. The minimum atomic E-state index is 0.284. The van der Waals surface area contributed by atoms with Gasteiger partial charge in [-0.25, -0.2) is 0 Å². The van der Waals surface area contributed by atoms with Crippen LogP contribution in [-0.2, 0) is 9.53 Å². The van der Waals surface area contributed by atoms with E-state index in [2.05, 4.69) is 12.2 Å². The molecule has 0 radical (unpaired) electrons. The van der Waals surface area contributed by atoms with Crippen LogP contribution in [0.5, 0.6) is 0 Å². The van der Waals surface area contributed by atoms with Gasteiger partial charge in [0.05, 0.1) is 13.2 Å². The summed E-state index contributed by atoms with van der Waals surface area (Å²) >= 11 is 0. The lowest BCUT2D eigenvalue weighted by Crippen LogP contribution is -2.31. The lowest BCUT2D eigenvalue weighted by Gasteiger charge is -2.06. The molecule has 0 aromatic carbocycles. The summed E-state index contributed by atoms with van der Waals surface area (Å²) in [6.45, 7) is 3.85. The summed E-state index contributed by atoms with van der Waals surface area (Å²) in [5, 5.41) is 3.13. The van der Waals surface area contributed by atoms with E-state index < -0.39 is 0 Å². The molecule has 0 aromatic rings. The Balaban J connectivity index is 1.51. The number of hydrogen-bond donors (Lipinski definition) is 1. The van der Waals surface area contributed by atoms with Gasteiger partial charge < -0.3 is 10.1 Å². The predicted molar refractivity (Wildman–Crippen MR) is 47.0 cm³/mol. The second-order valence-corrected chi connectivity index (χ2v) is 4.72. The van der Waals surface area contributed by atoms with E-state index >= 15 is 0 Å². The standard InChI is InChI=1S/C10H15NO2/c1-5-2-6(5)10(12)11-9-7-3-13-4-8(7)9/h5-9H,2-4H2,1H3,(H,11,12)/t5-,6-,7-,8+,9?/m1/s1. The van der Waals surface area contributed by atoms with Crippen molar-refractivity contribution in [1.29, 1.82) is 0 Å². The monoisotopic (exact) mass is 181 g/mol. The number of nitrogens with one attached hydrogen (secondary N) is 1. The number of fused-ring (bicyclic) bond motifs is 1. The minimum absolute atomic E-state index is 0.284. The Morgan fingerprint density at radius 3 is 2.54 bits per heavy atom. The molecule has 1 saturated heterocycles. The van der Waals surface area contributed by atoms with Crippen LogP contribution in [0.3, 0.4) is 0 Å². The number of hydrogen-bond acceptors (Lipinski definition) is 2. The molecule has 0 aromatic heterocycles. The average molecular weight is 181 g/mol. The van der Waals surface area contributed by atoms with E-state index in [0.717, 1.165) is 19.6 Å². The van der Waals surface area contributed by atoms with E-state index in [1.54, 1.807) is 0 Å². The molecule has 3 nitrogen and oxygen atoms in total. The Morgan fingerprint density at radius 2 is 2.00 bits per heavy atom. The fraction of sp³-hybridized carbons (Fsp3) is 0.900. The van der Waals surface area contributed by atoms with Crippen LogP contribution in [0.1, 0.15) is 13.3 Å². The summed E-state index contributed by atoms with van der Waals surface area (Å²) < 4.78 is 5.26. The van der Waals surface area contributed by atoms with Crippen molar-refractivity contribution in [2.45, 2.75) is 19.4 Å². The van der Waals surface area contributed by atoms with Crippen molar-refractivity contribution in [3.8, 4) is 0 Å². The Bertz CT molecular complexity index is 243. The molecule has 3 heteroatoms. The molecule has 0 bridgehead atoms. The number of carbonyl (C=O) groups excluding carboxylic acids is 1. The molecule has 3 aliphatic rings. The van der Waals surface area contributed by atoms with Crippen molar-refractivity contribution in [3.63, 3.8) is 0 Å². The van der Waals surface area contributed by atoms with Crippen LogP contribution >= 0.6 is 0 Å². The highest BCUT2D eigenvalue weighted by Gasteiger charge is 2.55. The Labute approximate surface area is 77.8 Å². The first kappa shape index (κ1) is 7.80. The van der Waals surface area contributed by atoms with Gasteiger partial charge in [-0.3, -0.25) is 4.79 Å². The molecule has 13 heavy (non-hydrogen) atoms. The van der Waals surface area contributed by atoms with Gasteiger partial charge in [0.1, 0.15) is 0 Å². The van der Waals surface area contributed by atoms with Gasteiger partial charge in [-0.2, -0.15) is 0 Å². The van der Waals surface area contributed by atoms with Gasteiger partial charge in [0.25, 0.3) is 0 Å². The first-order valence-electron chi connectivity index (χ1n) is 5.15.